The lowest BCUT2D eigenvalue weighted by atomic mass is 10.1. The van der Waals surface area contributed by atoms with E-state index < -0.39 is 23.2 Å². The second kappa shape index (κ2) is 9.05. The summed E-state index contributed by atoms with van der Waals surface area (Å²) in [6, 6.07) is 9.19. The van der Waals surface area contributed by atoms with E-state index in [-0.39, 0.29) is 11.5 Å². The Kier molecular flexibility index (Phi) is 6.80. The summed E-state index contributed by atoms with van der Waals surface area (Å²) < 4.78 is 27.2. The Hall–Kier alpha value is -2.80. The molecule has 0 bridgehead atoms. The summed E-state index contributed by atoms with van der Waals surface area (Å²) in [5.41, 5.74) is 0.0977. The SMILES string of the molecule is CN(C)CCCNC(=O)c1ccc(C(=O)Nc2c(F)cccc2F)cc1. The number of carbonyl (C=O) groups excluding carboxylic acids is 2. The van der Waals surface area contributed by atoms with Crippen LogP contribution in [0.1, 0.15) is 27.1 Å². The minimum atomic E-state index is -0.855. The molecule has 138 valence electrons. The zero-order valence-corrected chi connectivity index (χ0v) is 14.7. The number of anilines is 1. The third kappa shape index (κ3) is 5.35. The summed E-state index contributed by atoms with van der Waals surface area (Å²) in [5, 5.41) is 4.99. The standard InChI is InChI=1S/C19H21F2N3O2/c1-24(2)12-4-11-22-18(25)13-7-9-14(10-8-13)19(26)23-17-15(20)5-3-6-16(17)21/h3,5-10H,4,11-12H2,1-2H3,(H,22,25)(H,23,26). The quantitative estimate of drug-likeness (QED) is 0.746. The van der Waals surface area contributed by atoms with Gasteiger partial charge in [-0.2, -0.15) is 0 Å². The molecule has 0 aliphatic carbocycles. The monoisotopic (exact) mass is 361 g/mol. The molecule has 0 aromatic heterocycles. The fourth-order valence-corrected chi connectivity index (χ4v) is 2.28. The van der Waals surface area contributed by atoms with Gasteiger partial charge in [0.25, 0.3) is 11.8 Å². The Balaban J connectivity index is 1.96. The minimum Gasteiger partial charge on any atom is -0.352 e. The predicted molar refractivity (Wildman–Crippen MR) is 96.3 cm³/mol. The number of amides is 2. The van der Waals surface area contributed by atoms with E-state index >= 15 is 0 Å². The van der Waals surface area contributed by atoms with Crippen molar-refractivity contribution in [3.05, 3.63) is 65.2 Å². The lowest BCUT2D eigenvalue weighted by Gasteiger charge is -2.10. The van der Waals surface area contributed by atoms with Crippen LogP contribution in [0, 0.1) is 11.6 Å². The van der Waals surface area contributed by atoms with Gasteiger partial charge in [0.15, 0.2) is 0 Å². The second-order valence-electron chi connectivity index (χ2n) is 6.04. The summed E-state index contributed by atoms with van der Waals surface area (Å²) in [4.78, 5) is 26.2. The maximum atomic E-state index is 13.6. The average Bonchev–Trinajstić information content (AvgIpc) is 2.61. The Morgan fingerprint density at radius 3 is 2.00 bits per heavy atom. The number of para-hydroxylation sites is 1. The molecule has 7 heteroatoms. The fraction of sp³-hybridized carbons (Fsp3) is 0.263. The van der Waals surface area contributed by atoms with Gasteiger partial charge < -0.3 is 15.5 Å². The first-order valence-corrected chi connectivity index (χ1v) is 8.17. The van der Waals surface area contributed by atoms with Crippen molar-refractivity contribution in [3.8, 4) is 0 Å². The van der Waals surface area contributed by atoms with E-state index in [0.29, 0.717) is 12.1 Å². The van der Waals surface area contributed by atoms with Crippen LogP contribution in [0.2, 0.25) is 0 Å². The normalized spacial score (nSPS) is 10.7. The molecule has 0 saturated carbocycles. The van der Waals surface area contributed by atoms with Gasteiger partial charge in [0.2, 0.25) is 0 Å². The van der Waals surface area contributed by atoms with Crippen LogP contribution in [0.3, 0.4) is 0 Å². The van der Waals surface area contributed by atoms with Crippen molar-refractivity contribution in [1.82, 2.24) is 10.2 Å². The Labute approximate surface area is 151 Å². The van der Waals surface area contributed by atoms with E-state index in [1.807, 2.05) is 19.0 Å². The third-order valence-electron chi connectivity index (χ3n) is 3.68. The van der Waals surface area contributed by atoms with Gasteiger partial charge in [-0.3, -0.25) is 9.59 Å². The number of carbonyl (C=O) groups is 2. The molecular weight excluding hydrogens is 340 g/mol. The molecule has 0 aliphatic heterocycles. The number of hydrogen-bond donors (Lipinski definition) is 2. The van der Waals surface area contributed by atoms with E-state index in [4.69, 9.17) is 0 Å². The van der Waals surface area contributed by atoms with Gasteiger partial charge in [-0.05, 0) is 63.5 Å². The van der Waals surface area contributed by atoms with Crippen molar-refractivity contribution in [2.75, 3.05) is 32.5 Å². The highest BCUT2D eigenvalue weighted by atomic mass is 19.1. The largest absolute Gasteiger partial charge is 0.352 e. The van der Waals surface area contributed by atoms with Crippen molar-refractivity contribution in [1.29, 1.82) is 0 Å². The number of nitrogens with one attached hydrogen (secondary N) is 2. The summed E-state index contributed by atoms with van der Waals surface area (Å²) in [7, 11) is 3.91. The predicted octanol–water partition coefficient (Wildman–Crippen LogP) is 2.90. The van der Waals surface area contributed by atoms with Gasteiger partial charge in [-0.1, -0.05) is 6.07 Å². The van der Waals surface area contributed by atoms with Gasteiger partial charge >= 0.3 is 0 Å². The Morgan fingerprint density at radius 1 is 0.923 bits per heavy atom. The van der Waals surface area contributed by atoms with Crippen LogP contribution in [0.25, 0.3) is 0 Å². The first-order chi connectivity index (χ1) is 12.4. The van der Waals surface area contributed by atoms with Gasteiger partial charge in [-0.25, -0.2) is 8.78 Å². The summed E-state index contributed by atoms with van der Waals surface area (Å²) >= 11 is 0. The summed E-state index contributed by atoms with van der Waals surface area (Å²) in [5.74, 6) is -2.61. The zero-order chi connectivity index (χ0) is 19.1. The van der Waals surface area contributed by atoms with Crippen molar-refractivity contribution < 1.29 is 18.4 Å². The van der Waals surface area contributed by atoms with Crippen molar-refractivity contribution >= 4 is 17.5 Å². The molecule has 0 aliphatic rings. The summed E-state index contributed by atoms with van der Waals surface area (Å²) in [6.07, 6.45) is 0.827. The molecule has 26 heavy (non-hydrogen) atoms. The first-order valence-electron chi connectivity index (χ1n) is 8.17. The number of nitrogens with zero attached hydrogens (tertiary/aromatic N) is 1. The second-order valence-corrected chi connectivity index (χ2v) is 6.04. The highest BCUT2D eigenvalue weighted by molar-refractivity contribution is 6.05. The molecule has 0 fully saturated rings. The van der Waals surface area contributed by atoms with Crippen LogP contribution in [0.5, 0.6) is 0 Å². The van der Waals surface area contributed by atoms with Gasteiger partial charge in [0, 0.05) is 17.7 Å². The smallest absolute Gasteiger partial charge is 0.255 e. The van der Waals surface area contributed by atoms with Crippen molar-refractivity contribution in [3.63, 3.8) is 0 Å². The van der Waals surface area contributed by atoms with Crippen LogP contribution in [-0.4, -0.2) is 43.9 Å². The molecule has 5 nitrogen and oxygen atoms in total. The number of rotatable bonds is 7. The Bertz CT molecular complexity index is 757. The van der Waals surface area contributed by atoms with E-state index in [1.165, 1.54) is 30.3 Å². The molecular formula is C19H21F2N3O2. The number of halogens is 2. The minimum absolute atomic E-state index is 0.191. The van der Waals surface area contributed by atoms with E-state index in [1.54, 1.807) is 0 Å². The first kappa shape index (κ1) is 19.5. The van der Waals surface area contributed by atoms with Crippen molar-refractivity contribution in [2.24, 2.45) is 0 Å². The highest BCUT2D eigenvalue weighted by Crippen LogP contribution is 2.19. The van der Waals surface area contributed by atoms with Gasteiger partial charge in [0.05, 0.1) is 0 Å². The fourth-order valence-electron chi connectivity index (χ4n) is 2.28. The number of hydrogen-bond acceptors (Lipinski definition) is 3. The summed E-state index contributed by atoms with van der Waals surface area (Å²) in [6.45, 7) is 1.41. The number of benzene rings is 2. The molecule has 0 saturated heterocycles. The van der Waals surface area contributed by atoms with E-state index in [2.05, 4.69) is 10.6 Å². The molecule has 2 aromatic rings. The van der Waals surface area contributed by atoms with Gasteiger partial charge in [0.1, 0.15) is 17.3 Å². The van der Waals surface area contributed by atoms with Gasteiger partial charge in [-0.15, -0.1) is 0 Å². The van der Waals surface area contributed by atoms with Crippen LogP contribution in [0.4, 0.5) is 14.5 Å². The van der Waals surface area contributed by atoms with Crippen LogP contribution < -0.4 is 10.6 Å². The molecule has 0 atom stereocenters. The maximum absolute atomic E-state index is 13.6. The molecule has 2 rings (SSSR count). The average molecular weight is 361 g/mol. The molecule has 0 radical (unpaired) electrons. The molecule has 2 amide bonds. The third-order valence-corrected chi connectivity index (χ3v) is 3.68. The van der Waals surface area contributed by atoms with E-state index in [9.17, 15) is 18.4 Å². The molecule has 0 spiro atoms. The van der Waals surface area contributed by atoms with Crippen molar-refractivity contribution in [2.45, 2.75) is 6.42 Å². The molecule has 2 N–H and O–H groups in total. The Morgan fingerprint density at radius 2 is 1.46 bits per heavy atom. The topological polar surface area (TPSA) is 61.4 Å². The van der Waals surface area contributed by atoms with Crippen LogP contribution >= 0.6 is 0 Å². The lowest BCUT2D eigenvalue weighted by molar-refractivity contribution is 0.0950. The maximum Gasteiger partial charge on any atom is 0.255 e. The van der Waals surface area contributed by atoms with E-state index in [0.717, 1.165) is 25.1 Å². The molecule has 0 unspecified atom stereocenters. The molecule has 0 heterocycles. The van der Waals surface area contributed by atoms with Crippen LogP contribution in [-0.2, 0) is 0 Å². The lowest BCUT2D eigenvalue weighted by Crippen LogP contribution is -2.27. The van der Waals surface area contributed by atoms with Crippen LogP contribution in [0.15, 0.2) is 42.5 Å². The highest BCUT2D eigenvalue weighted by Gasteiger charge is 2.14. The zero-order valence-electron chi connectivity index (χ0n) is 14.7. The molecule has 2 aromatic carbocycles.